The highest BCUT2D eigenvalue weighted by Gasteiger charge is 2.14. The fourth-order valence-electron chi connectivity index (χ4n) is 1.33. The lowest BCUT2D eigenvalue weighted by molar-refractivity contribution is 0.179. The Morgan fingerprint density at radius 3 is 2.67 bits per heavy atom. The van der Waals surface area contributed by atoms with Gasteiger partial charge in [-0.05, 0) is 25.7 Å². The minimum absolute atomic E-state index is 0.768. The average Bonchev–Trinajstić information content (AvgIpc) is 2.34. The van der Waals surface area contributed by atoms with E-state index in [0.29, 0.717) is 0 Å². The van der Waals surface area contributed by atoms with Gasteiger partial charge in [-0.25, -0.2) is 0 Å². The van der Waals surface area contributed by atoms with Crippen molar-refractivity contribution in [1.29, 1.82) is 0 Å². The Kier molecular flexibility index (Phi) is 3.05. The standard InChI is InChI=1S/C8H15O/c1-2-9-7-8-5-3-4-6-8/h7-8H,2-6H2,1H3. The van der Waals surface area contributed by atoms with E-state index in [-0.39, 0.29) is 0 Å². The summed E-state index contributed by atoms with van der Waals surface area (Å²) in [6.07, 6.45) is 5.49. The molecule has 0 N–H and O–H groups in total. The van der Waals surface area contributed by atoms with Crippen molar-refractivity contribution in [3.05, 3.63) is 6.61 Å². The van der Waals surface area contributed by atoms with Gasteiger partial charge in [0.25, 0.3) is 0 Å². The van der Waals surface area contributed by atoms with Crippen molar-refractivity contribution in [2.75, 3.05) is 6.61 Å². The van der Waals surface area contributed by atoms with Gasteiger partial charge in [0.1, 0.15) is 0 Å². The van der Waals surface area contributed by atoms with Crippen LogP contribution in [-0.2, 0) is 4.74 Å². The monoisotopic (exact) mass is 127 g/mol. The summed E-state index contributed by atoms with van der Waals surface area (Å²) in [5, 5.41) is 0. The van der Waals surface area contributed by atoms with E-state index in [4.69, 9.17) is 4.74 Å². The van der Waals surface area contributed by atoms with Crippen LogP contribution in [0.3, 0.4) is 0 Å². The van der Waals surface area contributed by atoms with Gasteiger partial charge in [-0.2, -0.15) is 0 Å². The fourth-order valence-corrected chi connectivity index (χ4v) is 1.33. The van der Waals surface area contributed by atoms with E-state index in [0.717, 1.165) is 12.5 Å². The van der Waals surface area contributed by atoms with Gasteiger partial charge >= 0.3 is 0 Å². The molecular formula is C8H15O. The van der Waals surface area contributed by atoms with Crippen LogP contribution in [0.1, 0.15) is 32.6 Å². The highest BCUT2D eigenvalue weighted by atomic mass is 16.5. The predicted molar refractivity (Wildman–Crippen MR) is 37.9 cm³/mol. The average molecular weight is 127 g/mol. The molecule has 53 valence electrons. The molecule has 1 heteroatoms. The fraction of sp³-hybridized carbons (Fsp3) is 0.875. The minimum atomic E-state index is 0.768. The Morgan fingerprint density at radius 2 is 2.11 bits per heavy atom. The van der Waals surface area contributed by atoms with Crippen molar-refractivity contribution < 1.29 is 4.74 Å². The first-order valence-electron chi connectivity index (χ1n) is 3.88. The van der Waals surface area contributed by atoms with Crippen LogP contribution in [0.15, 0.2) is 0 Å². The van der Waals surface area contributed by atoms with Gasteiger partial charge in [-0.3, -0.25) is 0 Å². The quantitative estimate of drug-likeness (QED) is 0.565. The van der Waals surface area contributed by atoms with Gasteiger partial charge in [0, 0.05) is 6.61 Å². The van der Waals surface area contributed by atoms with Crippen molar-refractivity contribution in [1.82, 2.24) is 0 Å². The maximum atomic E-state index is 5.19. The minimum Gasteiger partial charge on any atom is -0.376 e. The summed E-state index contributed by atoms with van der Waals surface area (Å²) in [4.78, 5) is 0. The summed E-state index contributed by atoms with van der Waals surface area (Å²) in [5.74, 6) is 0.768. The summed E-state index contributed by atoms with van der Waals surface area (Å²) in [6.45, 7) is 4.88. The van der Waals surface area contributed by atoms with E-state index in [1.165, 1.54) is 25.7 Å². The molecule has 1 radical (unpaired) electrons. The van der Waals surface area contributed by atoms with E-state index in [1.54, 1.807) is 0 Å². The summed E-state index contributed by atoms with van der Waals surface area (Å²) in [5.41, 5.74) is 0. The molecule has 1 fully saturated rings. The van der Waals surface area contributed by atoms with Crippen LogP contribution in [0.5, 0.6) is 0 Å². The molecule has 9 heavy (non-hydrogen) atoms. The van der Waals surface area contributed by atoms with Crippen LogP contribution >= 0.6 is 0 Å². The number of hydrogen-bond donors (Lipinski definition) is 0. The predicted octanol–water partition coefficient (Wildman–Crippen LogP) is 2.37. The van der Waals surface area contributed by atoms with Crippen molar-refractivity contribution in [3.63, 3.8) is 0 Å². The smallest absolute Gasteiger partial charge is 0.0867 e. The van der Waals surface area contributed by atoms with Gasteiger partial charge < -0.3 is 4.74 Å². The molecule has 1 nitrogen and oxygen atoms in total. The van der Waals surface area contributed by atoms with Crippen LogP contribution in [0.25, 0.3) is 0 Å². The molecule has 1 aliphatic carbocycles. The third-order valence-electron chi connectivity index (χ3n) is 1.86. The molecule has 0 unspecified atom stereocenters. The zero-order chi connectivity index (χ0) is 6.53. The normalized spacial score (nSPS) is 21.0. The summed E-state index contributed by atoms with van der Waals surface area (Å²) in [7, 11) is 0. The molecule has 0 aromatic rings. The zero-order valence-corrected chi connectivity index (χ0v) is 6.10. The highest BCUT2D eigenvalue weighted by Crippen LogP contribution is 2.26. The van der Waals surface area contributed by atoms with Crippen LogP contribution in [0.4, 0.5) is 0 Å². The molecule has 0 aliphatic heterocycles. The van der Waals surface area contributed by atoms with E-state index in [2.05, 4.69) is 0 Å². The van der Waals surface area contributed by atoms with Crippen molar-refractivity contribution >= 4 is 0 Å². The summed E-state index contributed by atoms with van der Waals surface area (Å²) in [6, 6.07) is 0. The highest BCUT2D eigenvalue weighted by molar-refractivity contribution is 4.73. The second-order valence-corrected chi connectivity index (χ2v) is 2.64. The number of hydrogen-bond acceptors (Lipinski definition) is 1. The van der Waals surface area contributed by atoms with E-state index in [9.17, 15) is 0 Å². The van der Waals surface area contributed by atoms with Gasteiger partial charge in [0.05, 0.1) is 6.61 Å². The van der Waals surface area contributed by atoms with Crippen molar-refractivity contribution in [2.45, 2.75) is 32.6 Å². The Balaban J connectivity index is 1.98. The molecule has 0 amide bonds. The molecule has 1 saturated carbocycles. The number of rotatable bonds is 3. The lowest BCUT2D eigenvalue weighted by Crippen LogP contribution is -1.97. The lowest BCUT2D eigenvalue weighted by Gasteiger charge is -2.05. The SMILES string of the molecule is CCO[CH]C1CCCC1. The van der Waals surface area contributed by atoms with Crippen LogP contribution in [-0.4, -0.2) is 6.61 Å². The van der Waals surface area contributed by atoms with Gasteiger partial charge in [-0.15, -0.1) is 0 Å². The van der Waals surface area contributed by atoms with E-state index < -0.39 is 0 Å². The van der Waals surface area contributed by atoms with Gasteiger partial charge in [0.2, 0.25) is 0 Å². The topological polar surface area (TPSA) is 9.23 Å². The van der Waals surface area contributed by atoms with Crippen LogP contribution in [0, 0.1) is 12.5 Å². The zero-order valence-electron chi connectivity index (χ0n) is 6.10. The molecule has 0 spiro atoms. The molecule has 0 atom stereocenters. The van der Waals surface area contributed by atoms with E-state index in [1.807, 2.05) is 13.5 Å². The number of ether oxygens (including phenoxy) is 1. The molecule has 0 bridgehead atoms. The first-order valence-corrected chi connectivity index (χ1v) is 3.88. The van der Waals surface area contributed by atoms with Gasteiger partial charge in [0.15, 0.2) is 0 Å². The summed E-state index contributed by atoms with van der Waals surface area (Å²) < 4.78 is 5.19. The van der Waals surface area contributed by atoms with Crippen molar-refractivity contribution in [3.8, 4) is 0 Å². The third-order valence-corrected chi connectivity index (χ3v) is 1.86. The molecule has 1 aliphatic rings. The third kappa shape index (κ3) is 2.35. The molecular weight excluding hydrogens is 112 g/mol. The van der Waals surface area contributed by atoms with Gasteiger partial charge in [-0.1, -0.05) is 12.8 Å². The van der Waals surface area contributed by atoms with Crippen molar-refractivity contribution in [2.24, 2.45) is 5.92 Å². The Labute approximate surface area is 57.4 Å². The summed E-state index contributed by atoms with van der Waals surface area (Å²) >= 11 is 0. The Bertz CT molecular complexity index is 65.0. The first kappa shape index (κ1) is 7.07. The first-order chi connectivity index (χ1) is 4.43. The van der Waals surface area contributed by atoms with E-state index >= 15 is 0 Å². The molecule has 0 aromatic heterocycles. The maximum Gasteiger partial charge on any atom is 0.0867 e. The molecule has 1 rings (SSSR count). The molecule has 0 heterocycles. The Hall–Kier alpha value is -0.0400. The second kappa shape index (κ2) is 3.89. The molecule has 0 saturated heterocycles. The maximum absolute atomic E-state index is 5.19. The Morgan fingerprint density at radius 1 is 1.44 bits per heavy atom. The van der Waals surface area contributed by atoms with Crippen LogP contribution in [0.2, 0.25) is 0 Å². The van der Waals surface area contributed by atoms with Crippen LogP contribution < -0.4 is 0 Å². The second-order valence-electron chi connectivity index (χ2n) is 2.64. The molecule has 0 aromatic carbocycles. The lowest BCUT2D eigenvalue weighted by atomic mass is 10.1. The largest absolute Gasteiger partial charge is 0.376 e.